The third kappa shape index (κ3) is 17.7. The van der Waals surface area contributed by atoms with Crippen LogP contribution in [0.3, 0.4) is 0 Å². The highest BCUT2D eigenvalue weighted by molar-refractivity contribution is 5.51. The minimum Gasteiger partial charge on any atom is -0.489 e. The summed E-state index contributed by atoms with van der Waals surface area (Å²) in [5.74, 6) is 2.21. The molecule has 0 radical (unpaired) electrons. The summed E-state index contributed by atoms with van der Waals surface area (Å²) in [6, 6.07) is 51.0. The highest BCUT2D eigenvalue weighted by Crippen LogP contribution is 2.17. The van der Waals surface area contributed by atoms with Gasteiger partial charge in [0.05, 0.1) is 14.8 Å². The van der Waals surface area contributed by atoms with Gasteiger partial charge in [0.1, 0.15) is 37.1 Å². The van der Waals surface area contributed by atoms with Crippen LogP contribution in [0.1, 0.15) is 33.4 Å². The van der Waals surface area contributed by atoms with Gasteiger partial charge in [-0.1, -0.05) is 127 Å². The average molecular weight is 766 g/mol. The summed E-state index contributed by atoms with van der Waals surface area (Å²) < 4.78 is 16.8. The molecule has 12 heteroatoms. The first-order valence-corrected chi connectivity index (χ1v) is 17.5. The maximum absolute atomic E-state index is 10.2. The third-order valence-corrected chi connectivity index (χ3v) is 7.55. The summed E-state index contributed by atoms with van der Waals surface area (Å²) >= 11 is 0. The predicted octanol–water partition coefficient (Wildman–Crippen LogP) is 10.5. The van der Waals surface area contributed by atoms with Crippen molar-refractivity contribution in [3.63, 3.8) is 0 Å². The van der Waals surface area contributed by atoms with E-state index in [0.29, 0.717) is 19.8 Å². The van der Waals surface area contributed by atoms with Crippen molar-refractivity contribution in [3.8, 4) is 17.2 Å². The molecule has 0 N–H and O–H groups in total. The van der Waals surface area contributed by atoms with E-state index in [2.05, 4.69) is 0 Å². The van der Waals surface area contributed by atoms with E-state index in [-0.39, 0.29) is 0 Å². The number of nitrogens with zero attached hydrogens (tertiary/aromatic N) is 3. The zero-order valence-electron chi connectivity index (χ0n) is 30.7. The molecule has 0 saturated carbocycles. The molecule has 0 aliphatic heterocycles. The quantitative estimate of drug-likeness (QED) is 0.0733. The summed E-state index contributed by atoms with van der Waals surface area (Å²) in [5, 5.41) is 30.6. The zero-order valence-corrected chi connectivity index (χ0v) is 30.7. The Morgan fingerprint density at radius 3 is 0.789 bits per heavy atom. The van der Waals surface area contributed by atoms with Gasteiger partial charge in [-0.2, -0.15) is 0 Å². The number of benzene rings is 6. The molecular formula is C45H39N3O9. The van der Waals surface area contributed by atoms with Crippen molar-refractivity contribution in [1.82, 2.24) is 0 Å². The molecule has 12 nitrogen and oxygen atoms in total. The molecule has 0 unspecified atom stereocenters. The van der Waals surface area contributed by atoms with E-state index in [0.717, 1.165) is 69.2 Å². The van der Waals surface area contributed by atoms with Crippen molar-refractivity contribution >= 4 is 18.2 Å². The SMILES string of the molecule is O=[N+]([O-])/C=C/c1ccc(OCc2ccccc2)cc1.O=[N+]([O-])/C=C/c1ccc(OCc2ccccc2)cc1.O=[N+]([O-])/C=C/c1ccc(OCc2ccccc2)cc1. The molecule has 0 aliphatic carbocycles. The second-order valence-electron chi connectivity index (χ2n) is 11.8. The molecule has 6 aromatic rings. The van der Waals surface area contributed by atoms with Gasteiger partial charge in [-0.15, -0.1) is 0 Å². The Labute approximate surface area is 329 Å². The van der Waals surface area contributed by atoms with Gasteiger partial charge in [-0.05, 0) is 69.8 Å². The van der Waals surface area contributed by atoms with Gasteiger partial charge in [0.25, 0.3) is 0 Å². The van der Waals surface area contributed by atoms with Gasteiger partial charge in [-0.25, -0.2) is 0 Å². The van der Waals surface area contributed by atoms with Crippen molar-refractivity contribution in [2.24, 2.45) is 0 Å². The lowest BCUT2D eigenvalue weighted by atomic mass is 10.2. The van der Waals surface area contributed by atoms with E-state index < -0.39 is 14.8 Å². The van der Waals surface area contributed by atoms with Crippen LogP contribution in [0.4, 0.5) is 0 Å². The van der Waals surface area contributed by atoms with Crippen molar-refractivity contribution in [3.05, 3.63) is 246 Å². The first-order valence-electron chi connectivity index (χ1n) is 17.5. The van der Waals surface area contributed by atoms with Crippen LogP contribution in [0.15, 0.2) is 182 Å². The van der Waals surface area contributed by atoms with Crippen LogP contribution < -0.4 is 14.2 Å². The summed E-state index contributed by atoms with van der Waals surface area (Å²) in [7, 11) is 0. The van der Waals surface area contributed by atoms with Gasteiger partial charge in [0, 0.05) is 18.2 Å². The number of hydrogen-bond acceptors (Lipinski definition) is 9. The molecule has 6 aromatic carbocycles. The molecule has 0 spiro atoms. The second kappa shape index (κ2) is 23.7. The molecule has 0 atom stereocenters. The van der Waals surface area contributed by atoms with Crippen molar-refractivity contribution in [2.75, 3.05) is 0 Å². The summed E-state index contributed by atoms with van der Waals surface area (Å²) in [6.45, 7) is 1.51. The lowest BCUT2D eigenvalue weighted by Gasteiger charge is -2.06. The van der Waals surface area contributed by atoms with Crippen molar-refractivity contribution < 1.29 is 29.0 Å². The Morgan fingerprint density at radius 2 is 0.579 bits per heavy atom. The number of rotatable bonds is 15. The molecule has 288 valence electrons. The topological polar surface area (TPSA) is 157 Å². The molecular weight excluding hydrogens is 727 g/mol. The molecule has 0 amide bonds. The van der Waals surface area contributed by atoms with Gasteiger partial charge in [-0.3, -0.25) is 30.3 Å². The molecule has 57 heavy (non-hydrogen) atoms. The summed E-state index contributed by atoms with van der Waals surface area (Å²) in [5.41, 5.74) is 5.59. The van der Waals surface area contributed by atoms with Crippen molar-refractivity contribution in [1.29, 1.82) is 0 Å². The first-order chi connectivity index (χ1) is 27.7. The lowest BCUT2D eigenvalue weighted by Crippen LogP contribution is -1.94. The Morgan fingerprint density at radius 1 is 0.351 bits per heavy atom. The lowest BCUT2D eigenvalue weighted by molar-refractivity contribution is -0.401. The summed E-state index contributed by atoms with van der Waals surface area (Å²) in [6.07, 6.45) is 7.09. The molecule has 0 aliphatic rings. The third-order valence-electron chi connectivity index (χ3n) is 7.55. The van der Waals surface area contributed by atoms with Crippen LogP contribution in [0.25, 0.3) is 18.2 Å². The van der Waals surface area contributed by atoms with Crippen LogP contribution in [-0.2, 0) is 19.8 Å². The molecule has 6 rings (SSSR count). The first kappa shape index (κ1) is 41.9. The predicted molar refractivity (Wildman–Crippen MR) is 220 cm³/mol. The molecule has 0 fully saturated rings. The van der Waals surface area contributed by atoms with E-state index in [1.165, 1.54) is 18.2 Å². The fourth-order valence-electron chi connectivity index (χ4n) is 4.69. The van der Waals surface area contributed by atoms with E-state index in [4.69, 9.17) is 14.2 Å². The monoisotopic (exact) mass is 765 g/mol. The van der Waals surface area contributed by atoms with Gasteiger partial charge < -0.3 is 14.2 Å². The van der Waals surface area contributed by atoms with Gasteiger partial charge >= 0.3 is 0 Å². The molecule has 0 saturated heterocycles. The molecule has 0 bridgehead atoms. The highest BCUT2D eigenvalue weighted by Gasteiger charge is 1.99. The summed E-state index contributed by atoms with van der Waals surface area (Å²) in [4.78, 5) is 29.1. The van der Waals surface area contributed by atoms with Crippen LogP contribution in [0.5, 0.6) is 17.2 Å². The Balaban J connectivity index is 0.000000189. The van der Waals surface area contributed by atoms with Crippen LogP contribution in [0, 0.1) is 30.3 Å². The number of nitro groups is 3. The Kier molecular flexibility index (Phi) is 17.4. The normalized spacial score (nSPS) is 10.5. The zero-order chi connectivity index (χ0) is 40.5. The standard InChI is InChI=1S/3C15H13NO3/c3*17-16(18)11-10-13-6-8-15(9-7-13)19-12-14-4-2-1-3-5-14/h3*1-11H,12H2/b3*11-10+. The van der Waals surface area contributed by atoms with E-state index in [1.807, 2.05) is 91.0 Å². The van der Waals surface area contributed by atoms with Crippen LogP contribution in [0.2, 0.25) is 0 Å². The Hall–Kier alpha value is -7.86. The van der Waals surface area contributed by atoms with Crippen LogP contribution in [-0.4, -0.2) is 14.8 Å². The van der Waals surface area contributed by atoms with Gasteiger partial charge in [0.15, 0.2) is 0 Å². The average Bonchev–Trinajstić information content (AvgIpc) is 3.24. The fourth-order valence-corrected chi connectivity index (χ4v) is 4.69. The number of ether oxygens (including phenoxy) is 3. The molecule has 0 aromatic heterocycles. The smallest absolute Gasteiger partial charge is 0.235 e. The molecule has 0 heterocycles. The van der Waals surface area contributed by atoms with E-state index in [1.54, 1.807) is 72.8 Å². The maximum atomic E-state index is 10.2. The minimum absolute atomic E-state index is 0.486. The largest absolute Gasteiger partial charge is 0.489 e. The van der Waals surface area contributed by atoms with Gasteiger partial charge in [0.2, 0.25) is 18.6 Å². The van der Waals surface area contributed by atoms with Crippen LogP contribution >= 0.6 is 0 Å². The fraction of sp³-hybridized carbons (Fsp3) is 0.0667. The minimum atomic E-state index is -0.486. The van der Waals surface area contributed by atoms with Crippen molar-refractivity contribution in [2.45, 2.75) is 19.8 Å². The second-order valence-corrected chi connectivity index (χ2v) is 11.8. The Bertz CT molecular complexity index is 1940. The van der Waals surface area contributed by atoms with E-state index in [9.17, 15) is 30.3 Å². The highest BCUT2D eigenvalue weighted by atomic mass is 16.6. The maximum Gasteiger partial charge on any atom is 0.235 e. The van der Waals surface area contributed by atoms with E-state index >= 15 is 0 Å². The number of hydrogen-bond donors (Lipinski definition) is 0.